The van der Waals surface area contributed by atoms with Crippen LogP contribution in [0.2, 0.25) is 0 Å². The molecule has 1 aromatic carbocycles. The third-order valence-electron chi connectivity index (χ3n) is 3.19. The lowest BCUT2D eigenvalue weighted by Crippen LogP contribution is -2.23. The van der Waals surface area contributed by atoms with E-state index in [1.165, 1.54) is 10.6 Å². The molecule has 0 fully saturated rings. The Morgan fingerprint density at radius 3 is 2.47 bits per heavy atom. The molecular formula is C15H14ClNO2. The minimum absolute atomic E-state index is 0.00165. The highest BCUT2D eigenvalue weighted by molar-refractivity contribution is 6.67. The van der Waals surface area contributed by atoms with Crippen molar-refractivity contribution in [2.75, 3.05) is 0 Å². The number of aryl methyl sites for hydroxylation is 2. The summed E-state index contributed by atoms with van der Waals surface area (Å²) in [4.78, 5) is 23.2. The summed E-state index contributed by atoms with van der Waals surface area (Å²) in [6.07, 6.45) is 0. The Hall–Kier alpha value is -1.87. The molecule has 1 aromatic heterocycles. The Labute approximate surface area is 116 Å². The van der Waals surface area contributed by atoms with Crippen molar-refractivity contribution < 1.29 is 4.79 Å². The van der Waals surface area contributed by atoms with E-state index in [4.69, 9.17) is 11.6 Å². The smallest absolute Gasteiger partial charge is 0.262 e. The van der Waals surface area contributed by atoms with Gasteiger partial charge in [-0.1, -0.05) is 17.7 Å². The summed E-state index contributed by atoms with van der Waals surface area (Å²) >= 11 is 5.38. The first-order chi connectivity index (χ1) is 8.91. The van der Waals surface area contributed by atoms with Crippen molar-refractivity contribution in [3.8, 4) is 11.3 Å². The van der Waals surface area contributed by atoms with E-state index in [1.54, 1.807) is 13.1 Å². The maximum atomic E-state index is 12.1. The maximum Gasteiger partial charge on any atom is 0.262 e. The van der Waals surface area contributed by atoms with Crippen LogP contribution in [0, 0.1) is 13.8 Å². The minimum atomic E-state index is -0.729. The third-order valence-corrected chi connectivity index (χ3v) is 3.39. The first-order valence-corrected chi connectivity index (χ1v) is 6.27. The van der Waals surface area contributed by atoms with Crippen LogP contribution in [0.3, 0.4) is 0 Å². The molecule has 1 heterocycles. The predicted molar refractivity (Wildman–Crippen MR) is 76.8 cm³/mol. The summed E-state index contributed by atoms with van der Waals surface area (Å²) in [6, 6.07) is 9.28. The molecule has 0 amide bonds. The quantitative estimate of drug-likeness (QED) is 0.790. The van der Waals surface area contributed by atoms with Crippen LogP contribution >= 0.6 is 11.6 Å². The molecule has 0 aliphatic carbocycles. The highest BCUT2D eigenvalue weighted by Crippen LogP contribution is 2.23. The SMILES string of the molecule is Cc1ccc(C)c(-c2ccc(C(=O)Cl)c(=O)n2C)c1. The van der Waals surface area contributed by atoms with Gasteiger partial charge in [0.1, 0.15) is 0 Å². The molecule has 0 bridgehead atoms. The number of aromatic nitrogens is 1. The van der Waals surface area contributed by atoms with Crippen LogP contribution in [0.5, 0.6) is 0 Å². The highest BCUT2D eigenvalue weighted by atomic mass is 35.5. The number of carbonyl (C=O) groups is 1. The van der Waals surface area contributed by atoms with Gasteiger partial charge in [0.25, 0.3) is 10.8 Å². The molecule has 0 N–H and O–H groups in total. The molecule has 0 aliphatic heterocycles. The van der Waals surface area contributed by atoms with E-state index in [1.807, 2.05) is 32.0 Å². The van der Waals surface area contributed by atoms with E-state index in [0.29, 0.717) is 0 Å². The van der Waals surface area contributed by atoms with Gasteiger partial charge < -0.3 is 4.57 Å². The second kappa shape index (κ2) is 5.02. The predicted octanol–water partition coefficient (Wildman–Crippen LogP) is 3.05. The van der Waals surface area contributed by atoms with E-state index >= 15 is 0 Å². The lowest BCUT2D eigenvalue weighted by Gasteiger charge is -2.12. The average Bonchev–Trinajstić information content (AvgIpc) is 2.35. The molecule has 0 atom stereocenters. The zero-order valence-corrected chi connectivity index (χ0v) is 11.8. The van der Waals surface area contributed by atoms with Crippen LogP contribution in [-0.2, 0) is 7.05 Å². The fourth-order valence-corrected chi connectivity index (χ4v) is 2.21. The number of benzene rings is 1. The largest absolute Gasteiger partial charge is 0.311 e. The zero-order valence-electron chi connectivity index (χ0n) is 11.0. The molecule has 0 saturated carbocycles. The Bertz CT molecular complexity index is 717. The van der Waals surface area contributed by atoms with Crippen LogP contribution in [0.1, 0.15) is 21.5 Å². The van der Waals surface area contributed by atoms with Gasteiger partial charge in [0.15, 0.2) is 0 Å². The van der Waals surface area contributed by atoms with Crippen molar-refractivity contribution in [3.63, 3.8) is 0 Å². The van der Waals surface area contributed by atoms with Crippen molar-refractivity contribution in [2.24, 2.45) is 7.05 Å². The standard InChI is InChI=1S/C15H14ClNO2/c1-9-4-5-10(2)12(8-9)13-7-6-11(14(16)18)15(19)17(13)3/h4-8H,1-3H3. The first-order valence-electron chi connectivity index (χ1n) is 5.89. The van der Waals surface area contributed by atoms with E-state index in [9.17, 15) is 9.59 Å². The molecule has 0 radical (unpaired) electrons. The van der Waals surface area contributed by atoms with Gasteiger partial charge in [-0.15, -0.1) is 0 Å². The fraction of sp³-hybridized carbons (Fsp3) is 0.200. The second-order valence-electron chi connectivity index (χ2n) is 4.59. The van der Waals surface area contributed by atoms with E-state index in [0.717, 1.165) is 22.4 Å². The molecule has 4 heteroatoms. The van der Waals surface area contributed by atoms with E-state index < -0.39 is 5.24 Å². The second-order valence-corrected chi connectivity index (χ2v) is 4.93. The van der Waals surface area contributed by atoms with Gasteiger partial charge in [0.2, 0.25) is 0 Å². The average molecular weight is 276 g/mol. The third kappa shape index (κ3) is 2.47. The number of hydrogen-bond donors (Lipinski definition) is 0. The zero-order chi connectivity index (χ0) is 14.2. The Morgan fingerprint density at radius 2 is 1.84 bits per heavy atom. The number of hydrogen-bond acceptors (Lipinski definition) is 2. The molecule has 0 spiro atoms. The van der Waals surface area contributed by atoms with Crippen molar-refractivity contribution in [2.45, 2.75) is 13.8 Å². The minimum Gasteiger partial charge on any atom is -0.311 e. The number of carbonyl (C=O) groups excluding carboxylic acids is 1. The van der Waals surface area contributed by atoms with Crippen LogP contribution in [0.25, 0.3) is 11.3 Å². The molecule has 2 aromatic rings. The van der Waals surface area contributed by atoms with Gasteiger partial charge in [0.05, 0.1) is 11.3 Å². The lowest BCUT2D eigenvalue weighted by molar-refractivity contribution is 0.107. The molecule has 0 aliphatic rings. The van der Waals surface area contributed by atoms with E-state index in [-0.39, 0.29) is 11.1 Å². The number of rotatable bonds is 2. The molecule has 0 saturated heterocycles. The monoisotopic (exact) mass is 275 g/mol. The number of nitrogens with zero attached hydrogens (tertiary/aromatic N) is 1. The normalized spacial score (nSPS) is 10.5. The fourth-order valence-electron chi connectivity index (χ4n) is 2.07. The van der Waals surface area contributed by atoms with Crippen LogP contribution < -0.4 is 5.56 Å². The number of pyridine rings is 1. The maximum absolute atomic E-state index is 12.1. The molecule has 19 heavy (non-hydrogen) atoms. The molecule has 3 nitrogen and oxygen atoms in total. The Kier molecular flexibility index (Phi) is 3.58. The van der Waals surface area contributed by atoms with Gasteiger partial charge in [-0.05, 0) is 49.2 Å². The summed E-state index contributed by atoms with van der Waals surface area (Å²) < 4.78 is 1.46. The van der Waals surface area contributed by atoms with E-state index in [2.05, 4.69) is 0 Å². The molecular weight excluding hydrogens is 262 g/mol. The first kappa shape index (κ1) is 13.6. The Morgan fingerprint density at radius 1 is 1.16 bits per heavy atom. The van der Waals surface area contributed by atoms with Crippen LogP contribution in [0.4, 0.5) is 0 Å². The van der Waals surface area contributed by atoms with Gasteiger partial charge in [0, 0.05) is 12.6 Å². The van der Waals surface area contributed by atoms with Gasteiger partial charge >= 0.3 is 0 Å². The van der Waals surface area contributed by atoms with Crippen LogP contribution in [0.15, 0.2) is 35.1 Å². The highest BCUT2D eigenvalue weighted by Gasteiger charge is 2.13. The molecule has 2 rings (SSSR count). The summed E-state index contributed by atoms with van der Waals surface area (Å²) in [5.41, 5.74) is 3.56. The summed E-state index contributed by atoms with van der Waals surface area (Å²) in [5.74, 6) is 0. The van der Waals surface area contributed by atoms with Crippen molar-refractivity contribution >= 4 is 16.8 Å². The van der Waals surface area contributed by atoms with Gasteiger partial charge in [-0.2, -0.15) is 0 Å². The molecule has 0 unspecified atom stereocenters. The van der Waals surface area contributed by atoms with Crippen molar-refractivity contribution in [1.29, 1.82) is 0 Å². The summed E-state index contributed by atoms with van der Waals surface area (Å²) in [7, 11) is 1.64. The van der Waals surface area contributed by atoms with Gasteiger partial charge in [-0.25, -0.2) is 0 Å². The Balaban J connectivity index is 2.71. The number of halogens is 1. The summed E-state index contributed by atoms with van der Waals surface area (Å²) in [6.45, 7) is 3.98. The lowest BCUT2D eigenvalue weighted by atomic mass is 10.0. The van der Waals surface area contributed by atoms with Crippen LogP contribution in [-0.4, -0.2) is 9.81 Å². The molecule has 98 valence electrons. The van der Waals surface area contributed by atoms with Crippen molar-refractivity contribution in [3.05, 3.63) is 57.4 Å². The van der Waals surface area contributed by atoms with Crippen molar-refractivity contribution in [1.82, 2.24) is 4.57 Å². The topological polar surface area (TPSA) is 39.1 Å². The van der Waals surface area contributed by atoms with Gasteiger partial charge in [-0.3, -0.25) is 9.59 Å². The summed E-state index contributed by atoms with van der Waals surface area (Å²) in [5, 5.41) is -0.729.